The summed E-state index contributed by atoms with van der Waals surface area (Å²) < 4.78 is 0. The van der Waals surface area contributed by atoms with E-state index in [1.807, 2.05) is 0 Å². The van der Waals surface area contributed by atoms with Gasteiger partial charge in [-0.15, -0.1) is 5.10 Å². The van der Waals surface area contributed by atoms with E-state index in [0.29, 0.717) is 6.54 Å². The highest BCUT2D eigenvalue weighted by molar-refractivity contribution is 5.64. The van der Waals surface area contributed by atoms with Gasteiger partial charge in [0.15, 0.2) is 0 Å². The molecule has 2 N–H and O–H groups in total. The molecule has 5 nitrogen and oxygen atoms in total. The van der Waals surface area contributed by atoms with Gasteiger partial charge in [0.2, 0.25) is 0 Å². The molecule has 1 aliphatic rings. The summed E-state index contributed by atoms with van der Waals surface area (Å²) >= 11 is 0. The first kappa shape index (κ1) is 19.2. The molecule has 5 heteroatoms. The summed E-state index contributed by atoms with van der Waals surface area (Å²) in [4.78, 5) is 2.61. The van der Waals surface area contributed by atoms with Crippen molar-refractivity contribution in [1.29, 1.82) is 0 Å². The van der Waals surface area contributed by atoms with E-state index >= 15 is 0 Å². The van der Waals surface area contributed by atoms with Gasteiger partial charge in [-0.2, -0.15) is 5.11 Å². The van der Waals surface area contributed by atoms with Crippen LogP contribution >= 0.6 is 0 Å². The van der Waals surface area contributed by atoms with Gasteiger partial charge in [0.05, 0.1) is 6.54 Å². The van der Waals surface area contributed by atoms with Gasteiger partial charge in [0, 0.05) is 12.6 Å². The minimum atomic E-state index is 0.612. The highest BCUT2D eigenvalue weighted by Gasteiger charge is 2.19. The van der Waals surface area contributed by atoms with E-state index in [0.717, 1.165) is 25.2 Å². The van der Waals surface area contributed by atoms with Gasteiger partial charge in [-0.25, -0.2) is 0 Å². The Bertz CT molecular complexity index is 749. The Kier molecular flexibility index (Phi) is 7.11. The van der Waals surface area contributed by atoms with Gasteiger partial charge in [-0.3, -0.25) is 0 Å². The molecule has 2 aromatic carbocycles. The van der Waals surface area contributed by atoms with Crippen molar-refractivity contribution in [3.05, 3.63) is 59.7 Å². The third kappa shape index (κ3) is 5.73. The van der Waals surface area contributed by atoms with Gasteiger partial charge in [0.25, 0.3) is 0 Å². The van der Waals surface area contributed by atoms with Crippen molar-refractivity contribution in [3.8, 4) is 11.1 Å². The van der Waals surface area contributed by atoms with Gasteiger partial charge in [0.1, 0.15) is 6.34 Å². The lowest BCUT2D eigenvalue weighted by molar-refractivity contribution is 0.272. The standard InChI is InChI=1S/C22H29N5/c1-18-3-2-15-27(18)16-13-20-6-10-22(11-7-20)21-8-4-19(5-9-21)12-14-24-26-25-17-23/h4-11,17-18H,2-3,12-16H2,1H3,(H2,23,24,25)/t18-/m1/s1. The fourth-order valence-corrected chi connectivity index (χ4v) is 3.62. The number of benzene rings is 2. The summed E-state index contributed by atoms with van der Waals surface area (Å²) in [7, 11) is 0. The van der Waals surface area contributed by atoms with E-state index in [9.17, 15) is 0 Å². The van der Waals surface area contributed by atoms with Crippen LogP contribution in [0.1, 0.15) is 30.9 Å². The molecule has 0 aliphatic carbocycles. The van der Waals surface area contributed by atoms with E-state index < -0.39 is 0 Å². The van der Waals surface area contributed by atoms with E-state index in [1.54, 1.807) is 0 Å². The highest BCUT2D eigenvalue weighted by Crippen LogP contribution is 2.22. The summed E-state index contributed by atoms with van der Waals surface area (Å²) in [5.74, 6) is 0. The summed E-state index contributed by atoms with van der Waals surface area (Å²) in [5, 5.41) is 11.0. The van der Waals surface area contributed by atoms with Crippen molar-refractivity contribution < 1.29 is 0 Å². The fraction of sp³-hybridized carbons (Fsp3) is 0.409. The van der Waals surface area contributed by atoms with Crippen LogP contribution in [0.15, 0.2) is 64.0 Å². The van der Waals surface area contributed by atoms with Gasteiger partial charge in [-0.05, 0) is 66.6 Å². The summed E-state index contributed by atoms with van der Waals surface area (Å²) in [6, 6.07) is 18.4. The molecule has 0 radical (unpaired) electrons. The van der Waals surface area contributed by atoms with E-state index in [-0.39, 0.29) is 0 Å². The van der Waals surface area contributed by atoms with Crippen LogP contribution in [0.25, 0.3) is 11.1 Å². The Hall–Kier alpha value is -2.53. The van der Waals surface area contributed by atoms with E-state index in [2.05, 4.69) is 75.8 Å². The molecule has 0 bridgehead atoms. The Morgan fingerprint density at radius 1 is 1.00 bits per heavy atom. The Labute approximate surface area is 162 Å². The third-order valence-corrected chi connectivity index (χ3v) is 5.30. The minimum Gasteiger partial charge on any atom is -0.388 e. The number of likely N-dealkylation sites (tertiary alicyclic amines) is 1. The van der Waals surface area contributed by atoms with Crippen LogP contribution in [0.4, 0.5) is 0 Å². The molecule has 1 fully saturated rings. The normalized spacial score (nSPS) is 18.0. The lowest BCUT2D eigenvalue weighted by atomic mass is 10.0. The van der Waals surface area contributed by atoms with E-state index in [4.69, 9.17) is 5.73 Å². The molecule has 142 valence electrons. The molecule has 3 rings (SSSR count). The SMILES string of the molecule is C[C@@H]1CCCN1CCc1ccc(-c2ccc(CCN=NN=CN)cc2)cc1. The zero-order chi connectivity index (χ0) is 18.9. The number of hydrogen-bond donors (Lipinski definition) is 1. The Balaban J connectivity index is 1.52. The second-order valence-corrected chi connectivity index (χ2v) is 7.14. The van der Waals surface area contributed by atoms with Crippen LogP contribution in [0.5, 0.6) is 0 Å². The maximum Gasteiger partial charge on any atom is 0.110 e. The molecule has 0 unspecified atom stereocenters. The first-order valence-corrected chi connectivity index (χ1v) is 9.78. The first-order chi connectivity index (χ1) is 13.3. The maximum absolute atomic E-state index is 5.11. The zero-order valence-corrected chi connectivity index (χ0v) is 16.1. The second kappa shape index (κ2) is 9.97. The van der Waals surface area contributed by atoms with Crippen molar-refractivity contribution >= 4 is 6.34 Å². The van der Waals surface area contributed by atoms with Gasteiger partial charge in [-0.1, -0.05) is 48.5 Å². The molecule has 1 atom stereocenters. The molecule has 0 saturated carbocycles. The first-order valence-electron chi connectivity index (χ1n) is 9.78. The van der Waals surface area contributed by atoms with Crippen molar-refractivity contribution in [3.63, 3.8) is 0 Å². The average Bonchev–Trinajstić information content (AvgIpc) is 3.12. The molecular formula is C22H29N5. The van der Waals surface area contributed by atoms with Crippen LogP contribution in [0.3, 0.4) is 0 Å². The van der Waals surface area contributed by atoms with Gasteiger partial charge >= 0.3 is 0 Å². The molecule has 27 heavy (non-hydrogen) atoms. The number of rotatable bonds is 8. The van der Waals surface area contributed by atoms with E-state index in [1.165, 1.54) is 48.2 Å². The quantitative estimate of drug-likeness (QED) is 0.329. The largest absolute Gasteiger partial charge is 0.388 e. The summed E-state index contributed by atoms with van der Waals surface area (Å²) in [6.07, 6.45) is 5.81. The fourth-order valence-electron chi connectivity index (χ4n) is 3.62. The van der Waals surface area contributed by atoms with Crippen LogP contribution in [-0.4, -0.2) is 36.9 Å². The highest BCUT2D eigenvalue weighted by atomic mass is 15.4. The van der Waals surface area contributed by atoms with Crippen LogP contribution < -0.4 is 5.73 Å². The molecule has 2 aromatic rings. The average molecular weight is 364 g/mol. The zero-order valence-electron chi connectivity index (χ0n) is 16.1. The topological polar surface area (TPSA) is 66.3 Å². The summed E-state index contributed by atoms with van der Waals surface area (Å²) in [5.41, 5.74) is 10.3. The molecule has 1 saturated heterocycles. The van der Waals surface area contributed by atoms with Gasteiger partial charge < -0.3 is 10.6 Å². The predicted molar refractivity (Wildman–Crippen MR) is 112 cm³/mol. The molecular weight excluding hydrogens is 334 g/mol. The van der Waals surface area contributed by atoms with Crippen LogP contribution in [0, 0.1) is 0 Å². The molecule has 0 amide bonds. The molecule has 0 spiro atoms. The molecule has 1 heterocycles. The number of nitrogens with two attached hydrogens (primary N) is 1. The monoisotopic (exact) mass is 363 g/mol. The Morgan fingerprint density at radius 2 is 1.63 bits per heavy atom. The smallest absolute Gasteiger partial charge is 0.110 e. The predicted octanol–water partition coefficient (Wildman–Crippen LogP) is 4.28. The Morgan fingerprint density at radius 3 is 2.19 bits per heavy atom. The van der Waals surface area contributed by atoms with Crippen LogP contribution in [-0.2, 0) is 12.8 Å². The third-order valence-electron chi connectivity index (χ3n) is 5.30. The lowest BCUT2D eigenvalue weighted by Crippen LogP contribution is -2.28. The minimum absolute atomic E-state index is 0.612. The number of nitrogens with zero attached hydrogens (tertiary/aromatic N) is 4. The van der Waals surface area contributed by atoms with Crippen molar-refractivity contribution in [2.45, 2.75) is 38.6 Å². The van der Waals surface area contributed by atoms with Crippen molar-refractivity contribution in [1.82, 2.24) is 4.90 Å². The second-order valence-electron chi connectivity index (χ2n) is 7.14. The molecule has 0 aromatic heterocycles. The molecule has 1 aliphatic heterocycles. The maximum atomic E-state index is 5.11. The van der Waals surface area contributed by atoms with Crippen molar-refractivity contribution in [2.75, 3.05) is 19.6 Å². The summed E-state index contributed by atoms with van der Waals surface area (Å²) in [6.45, 7) is 5.38. The van der Waals surface area contributed by atoms with Crippen LogP contribution in [0.2, 0.25) is 0 Å². The number of hydrogen-bond acceptors (Lipinski definition) is 3. The van der Waals surface area contributed by atoms with Crippen molar-refractivity contribution in [2.24, 2.45) is 21.2 Å². The lowest BCUT2D eigenvalue weighted by Gasteiger charge is -2.20.